The zero-order valence-corrected chi connectivity index (χ0v) is 13.1. The molecule has 0 radical (unpaired) electrons. The van der Waals surface area contributed by atoms with Crippen molar-refractivity contribution < 1.29 is 0 Å². The number of fused-ring (bicyclic) bond motifs is 1. The van der Waals surface area contributed by atoms with E-state index >= 15 is 0 Å². The third-order valence-electron chi connectivity index (χ3n) is 3.24. The molecule has 0 amide bonds. The van der Waals surface area contributed by atoms with E-state index in [0.717, 1.165) is 26.0 Å². The first kappa shape index (κ1) is 12.6. The number of H-pyrrole nitrogens is 1. The zero-order chi connectivity index (χ0) is 13.6. The Kier molecular flexibility index (Phi) is 3.07. The van der Waals surface area contributed by atoms with E-state index in [0.29, 0.717) is 0 Å². The molecule has 0 atom stereocenters. The van der Waals surface area contributed by atoms with Gasteiger partial charge in [-0.2, -0.15) is 0 Å². The van der Waals surface area contributed by atoms with Crippen molar-refractivity contribution in [1.29, 1.82) is 0 Å². The third-order valence-corrected chi connectivity index (χ3v) is 4.02. The number of aromatic amines is 1. The molecule has 0 aliphatic heterocycles. The molecule has 19 heavy (non-hydrogen) atoms. The molecule has 1 heterocycles. The van der Waals surface area contributed by atoms with Crippen LogP contribution in [0.3, 0.4) is 0 Å². The van der Waals surface area contributed by atoms with Crippen LogP contribution in [0.4, 0.5) is 0 Å². The van der Waals surface area contributed by atoms with Crippen molar-refractivity contribution in [2.24, 2.45) is 0 Å². The van der Waals surface area contributed by atoms with E-state index in [1.54, 1.807) is 0 Å². The van der Waals surface area contributed by atoms with Crippen LogP contribution in [0.15, 0.2) is 40.9 Å². The number of rotatable bonds is 1. The first-order valence-electron chi connectivity index (χ1n) is 6.04. The molecule has 4 heteroatoms. The second kappa shape index (κ2) is 4.62. The Morgan fingerprint density at radius 3 is 2.63 bits per heavy atom. The predicted molar refractivity (Wildman–Crippen MR) is 85.6 cm³/mol. The first-order chi connectivity index (χ1) is 9.06. The van der Waals surface area contributed by atoms with Crippen LogP contribution in [0.2, 0.25) is 0 Å². The molecule has 0 unspecified atom stereocenters. The molecule has 1 N–H and O–H groups in total. The van der Waals surface area contributed by atoms with Crippen LogP contribution in [0.1, 0.15) is 11.1 Å². The lowest BCUT2D eigenvalue weighted by atomic mass is 10.2. The van der Waals surface area contributed by atoms with E-state index < -0.39 is 0 Å². The summed E-state index contributed by atoms with van der Waals surface area (Å²) in [5.41, 5.74) is 5.72. The van der Waals surface area contributed by atoms with Crippen molar-refractivity contribution in [3.63, 3.8) is 0 Å². The normalized spacial score (nSPS) is 11.1. The van der Waals surface area contributed by atoms with Gasteiger partial charge in [0.15, 0.2) is 4.77 Å². The van der Waals surface area contributed by atoms with Crippen LogP contribution in [0.25, 0.3) is 16.7 Å². The highest BCUT2D eigenvalue weighted by Gasteiger charge is 2.09. The summed E-state index contributed by atoms with van der Waals surface area (Å²) in [6, 6.07) is 12.6. The maximum atomic E-state index is 5.47. The summed E-state index contributed by atoms with van der Waals surface area (Å²) in [7, 11) is 0. The zero-order valence-electron chi connectivity index (χ0n) is 10.7. The summed E-state index contributed by atoms with van der Waals surface area (Å²) in [6.45, 7) is 4.19. The molecule has 96 valence electrons. The summed E-state index contributed by atoms with van der Waals surface area (Å²) in [5.74, 6) is 0. The monoisotopic (exact) mass is 332 g/mol. The predicted octanol–water partition coefficient (Wildman–Crippen LogP) is 5.07. The van der Waals surface area contributed by atoms with E-state index in [-0.39, 0.29) is 0 Å². The fraction of sp³-hybridized carbons (Fsp3) is 0.133. The van der Waals surface area contributed by atoms with Crippen LogP contribution in [-0.4, -0.2) is 9.55 Å². The quantitative estimate of drug-likeness (QED) is 0.617. The van der Waals surface area contributed by atoms with Gasteiger partial charge in [-0.15, -0.1) is 0 Å². The molecule has 0 aliphatic rings. The van der Waals surface area contributed by atoms with Crippen LogP contribution in [-0.2, 0) is 0 Å². The second-order valence-electron chi connectivity index (χ2n) is 4.72. The molecule has 0 aliphatic carbocycles. The highest BCUT2D eigenvalue weighted by Crippen LogP contribution is 2.25. The Hall–Kier alpha value is -1.39. The van der Waals surface area contributed by atoms with E-state index in [1.807, 2.05) is 6.07 Å². The third kappa shape index (κ3) is 2.15. The number of hydrogen-bond donors (Lipinski definition) is 1. The van der Waals surface area contributed by atoms with Crippen molar-refractivity contribution in [3.8, 4) is 5.69 Å². The fourth-order valence-corrected chi connectivity index (χ4v) is 3.10. The summed E-state index contributed by atoms with van der Waals surface area (Å²) in [5, 5.41) is 0. The lowest BCUT2D eigenvalue weighted by Gasteiger charge is -2.09. The Morgan fingerprint density at radius 2 is 1.89 bits per heavy atom. The highest BCUT2D eigenvalue weighted by atomic mass is 79.9. The van der Waals surface area contributed by atoms with Gasteiger partial charge in [0.25, 0.3) is 0 Å². The van der Waals surface area contributed by atoms with Crippen molar-refractivity contribution in [3.05, 3.63) is 56.8 Å². The molecule has 2 nitrogen and oxygen atoms in total. The molecule has 2 aromatic carbocycles. The average molecular weight is 333 g/mol. The minimum atomic E-state index is 0.728. The molecule has 0 saturated carbocycles. The van der Waals surface area contributed by atoms with Gasteiger partial charge in [0.2, 0.25) is 0 Å². The molecule has 0 saturated heterocycles. The maximum Gasteiger partial charge on any atom is 0.182 e. The van der Waals surface area contributed by atoms with Gasteiger partial charge >= 0.3 is 0 Å². The van der Waals surface area contributed by atoms with Gasteiger partial charge in [-0.1, -0.05) is 22.0 Å². The average Bonchev–Trinajstić information content (AvgIpc) is 2.65. The van der Waals surface area contributed by atoms with Gasteiger partial charge in [-0.05, 0) is 67.5 Å². The number of benzene rings is 2. The van der Waals surface area contributed by atoms with Gasteiger partial charge in [-0.3, -0.25) is 4.57 Å². The van der Waals surface area contributed by atoms with Crippen LogP contribution in [0.5, 0.6) is 0 Å². The Morgan fingerprint density at radius 1 is 1.11 bits per heavy atom. The maximum absolute atomic E-state index is 5.47. The second-order valence-corrected chi connectivity index (χ2v) is 6.02. The van der Waals surface area contributed by atoms with Gasteiger partial charge in [0.1, 0.15) is 0 Å². The molecular weight excluding hydrogens is 320 g/mol. The Labute approximate surface area is 125 Å². The van der Waals surface area contributed by atoms with Gasteiger partial charge < -0.3 is 4.98 Å². The summed E-state index contributed by atoms with van der Waals surface area (Å²) < 4.78 is 3.90. The van der Waals surface area contributed by atoms with Crippen molar-refractivity contribution in [1.82, 2.24) is 9.55 Å². The molecular formula is C15H13BrN2S. The smallest absolute Gasteiger partial charge is 0.182 e. The molecule has 0 bridgehead atoms. The minimum Gasteiger partial charge on any atom is -0.330 e. The number of hydrogen-bond acceptors (Lipinski definition) is 1. The van der Waals surface area contributed by atoms with Crippen molar-refractivity contribution in [2.45, 2.75) is 13.8 Å². The van der Waals surface area contributed by atoms with Crippen LogP contribution < -0.4 is 0 Å². The molecule has 0 spiro atoms. The van der Waals surface area contributed by atoms with Crippen molar-refractivity contribution >= 4 is 39.2 Å². The van der Waals surface area contributed by atoms with Crippen LogP contribution >= 0.6 is 28.1 Å². The topological polar surface area (TPSA) is 20.7 Å². The number of aromatic nitrogens is 2. The lowest BCUT2D eigenvalue weighted by Crippen LogP contribution is -1.97. The Balaban J connectivity index is 2.38. The van der Waals surface area contributed by atoms with E-state index in [9.17, 15) is 0 Å². The summed E-state index contributed by atoms with van der Waals surface area (Å²) in [4.78, 5) is 3.26. The molecule has 3 rings (SSSR count). The van der Waals surface area contributed by atoms with E-state index in [4.69, 9.17) is 12.2 Å². The van der Waals surface area contributed by atoms with Gasteiger partial charge in [0.05, 0.1) is 16.7 Å². The number of nitrogens with one attached hydrogen (secondary N) is 1. The number of imidazole rings is 1. The standard InChI is InChI=1S/C15H13BrN2S/c1-9-3-5-12-14(7-9)18(15(19)17-12)13-6-4-11(16)8-10(13)2/h3-8H,1-2H3,(H,17,19). The lowest BCUT2D eigenvalue weighted by molar-refractivity contribution is 1.05. The van der Waals surface area contributed by atoms with E-state index in [1.165, 1.54) is 11.1 Å². The van der Waals surface area contributed by atoms with Crippen molar-refractivity contribution in [2.75, 3.05) is 0 Å². The summed E-state index contributed by atoms with van der Waals surface area (Å²) in [6.07, 6.45) is 0. The Bertz CT molecular complexity index is 830. The summed E-state index contributed by atoms with van der Waals surface area (Å²) >= 11 is 8.96. The van der Waals surface area contributed by atoms with Crippen LogP contribution in [0, 0.1) is 18.6 Å². The number of halogens is 1. The first-order valence-corrected chi connectivity index (χ1v) is 7.24. The minimum absolute atomic E-state index is 0.728. The number of nitrogens with zero attached hydrogens (tertiary/aromatic N) is 1. The largest absolute Gasteiger partial charge is 0.330 e. The SMILES string of the molecule is Cc1ccc2[nH]c(=S)n(-c3ccc(Br)cc3C)c2c1. The fourth-order valence-electron chi connectivity index (χ4n) is 2.32. The number of aryl methyl sites for hydroxylation is 2. The van der Waals surface area contributed by atoms with Gasteiger partial charge in [-0.25, -0.2) is 0 Å². The highest BCUT2D eigenvalue weighted by molar-refractivity contribution is 9.10. The molecule has 3 aromatic rings. The molecule has 0 fully saturated rings. The molecule has 1 aromatic heterocycles. The van der Waals surface area contributed by atoms with Gasteiger partial charge in [0, 0.05) is 4.47 Å². The van der Waals surface area contributed by atoms with E-state index in [2.05, 4.69) is 69.7 Å².